The fraction of sp³-hybridized carbons (Fsp3) is 0.304. The van der Waals surface area contributed by atoms with Crippen LogP contribution in [0.15, 0.2) is 41.4 Å². The van der Waals surface area contributed by atoms with Crippen molar-refractivity contribution < 1.29 is 18.0 Å². The molecule has 1 fully saturated rings. The Balaban J connectivity index is 2.10. The second kappa shape index (κ2) is 8.34. The first-order valence-corrected chi connectivity index (χ1v) is 9.66. The molecule has 2 aromatic carbocycles. The molecule has 4 nitrogen and oxygen atoms in total. The molecule has 1 amide bonds. The van der Waals surface area contributed by atoms with E-state index in [1.807, 2.05) is 13.0 Å². The van der Waals surface area contributed by atoms with Gasteiger partial charge in [-0.1, -0.05) is 18.2 Å². The Kier molecular flexibility index (Phi) is 6.01. The summed E-state index contributed by atoms with van der Waals surface area (Å²) in [5, 5.41) is 3.65. The highest BCUT2D eigenvalue weighted by molar-refractivity contribution is 5.96. The van der Waals surface area contributed by atoms with Crippen molar-refractivity contribution in [3.63, 3.8) is 0 Å². The number of alkyl halides is 3. The monoisotopic (exact) mass is 415 g/mol. The van der Waals surface area contributed by atoms with Gasteiger partial charge in [-0.3, -0.25) is 9.79 Å². The van der Waals surface area contributed by atoms with Gasteiger partial charge in [-0.25, -0.2) is 0 Å². The SMILES string of the molecule is C=N/C=c1/cc(-c2cc(C(=O)NC3CC3)ccc2C)cc/c1=C(/N)[C@H](C)C(F)(F)F. The Morgan fingerprint density at radius 3 is 2.57 bits per heavy atom. The molecule has 1 aliphatic rings. The number of hydrogen-bond donors (Lipinski definition) is 2. The molecule has 0 spiro atoms. The third-order valence-electron chi connectivity index (χ3n) is 5.27. The van der Waals surface area contributed by atoms with Crippen molar-refractivity contribution in [2.24, 2.45) is 16.6 Å². The number of halogens is 3. The van der Waals surface area contributed by atoms with E-state index in [-0.39, 0.29) is 22.9 Å². The number of carbonyl (C=O) groups is 1. The molecule has 0 heterocycles. The minimum atomic E-state index is -4.44. The van der Waals surface area contributed by atoms with Crippen molar-refractivity contribution in [1.82, 2.24) is 5.32 Å². The van der Waals surface area contributed by atoms with Gasteiger partial charge >= 0.3 is 6.18 Å². The maximum absolute atomic E-state index is 13.1. The van der Waals surface area contributed by atoms with E-state index < -0.39 is 12.1 Å². The molecule has 3 rings (SSSR count). The molecule has 1 saturated carbocycles. The Morgan fingerprint density at radius 2 is 1.97 bits per heavy atom. The van der Waals surface area contributed by atoms with Crippen LogP contribution in [0.3, 0.4) is 0 Å². The summed E-state index contributed by atoms with van der Waals surface area (Å²) in [5.74, 6) is -1.93. The van der Waals surface area contributed by atoms with Crippen LogP contribution >= 0.6 is 0 Å². The van der Waals surface area contributed by atoms with Crippen LogP contribution in [0, 0.1) is 12.8 Å². The molecule has 1 aliphatic carbocycles. The second-order valence-electron chi connectivity index (χ2n) is 7.61. The summed E-state index contributed by atoms with van der Waals surface area (Å²) < 4.78 is 39.4. The molecule has 0 radical (unpaired) electrons. The van der Waals surface area contributed by atoms with Crippen LogP contribution in [-0.2, 0) is 0 Å². The number of aliphatic imine (C=N–C) groups is 1. The van der Waals surface area contributed by atoms with Gasteiger partial charge in [0, 0.05) is 33.9 Å². The zero-order valence-corrected chi connectivity index (χ0v) is 16.9. The smallest absolute Gasteiger partial charge is 0.396 e. The van der Waals surface area contributed by atoms with E-state index in [0.29, 0.717) is 10.8 Å². The van der Waals surface area contributed by atoms with E-state index in [4.69, 9.17) is 5.73 Å². The summed E-state index contributed by atoms with van der Waals surface area (Å²) in [5.41, 5.74) is 8.61. The van der Waals surface area contributed by atoms with Crippen molar-refractivity contribution >= 4 is 24.5 Å². The summed E-state index contributed by atoms with van der Waals surface area (Å²) in [7, 11) is 0. The summed E-state index contributed by atoms with van der Waals surface area (Å²) in [6, 6.07) is 10.6. The topological polar surface area (TPSA) is 67.5 Å². The first-order chi connectivity index (χ1) is 14.1. The van der Waals surface area contributed by atoms with Gasteiger partial charge < -0.3 is 11.1 Å². The third kappa shape index (κ3) is 4.72. The lowest BCUT2D eigenvalue weighted by molar-refractivity contribution is -0.154. The zero-order valence-electron chi connectivity index (χ0n) is 16.9. The molecule has 3 N–H and O–H groups in total. The largest absolute Gasteiger partial charge is 0.401 e. The van der Waals surface area contributed by atoms with Crippen molar-refractivity contribution in [3.05, 3.63) is 58.0 Å². The quantitative estimate of drug-likeness (QED) is 0.736. The Hall–Kier alpha value is -3.09. The Labute approximate surface area is 173 Å². The van der Waals surface area contributed by atoms with Crippen molar-refractivity contribution in [3.8, 4) is 11.1 Å². The minimum absolute atomic E-state index is 0.133. The molecule has 1 atom stereocenters. The van der Waals surface area contributed by atoms with Crippen LogP contribution in [0.25, 0.3) is 23.0 Å². The lowest BCUT2D eigenvalue weighted by Gasteiger charge is -2.16. The van der Waals surface area contributed by atoms with Gasteiger partial charge in [-0.15, -0.1) is 0 Å². The van der Waals surface area contributed by atoms with Gasteiger partial charge in [0.1, 0.15) is 0 Å². The van der Waals surface area contributed by atoms with Crippen LogP contribution in [0.4, 0.5) is 13.2 Å². The van der Waals surface area contributed by atoms with E-state index in [0.717, 1.165) is 36.5 Å². The molecular weight excluding hydrogens is 391 g/mol. The van der Waals surface area contributed by atoms with Crippen molar-refractivity contribution in [2.75, 3.05) is 0 Å². The van der Waals surface area contributed by atoms with E-state index in [1.165, 1.54) is 6.20 Å². The number of nitrogens with zero attached hydrogens (tertiary/aromatic N) is 1. The average Bonchev–Trinajstić information content (AvgIpc) is 3.50. The molecule has 0 saturated heterocycles. The summed E-state index contributed by atoms with van der Waals surface area (Å²) in [6.07, 6.45) is -1.07. The molecule has 0 aliphatic heterocycles. The fourth-order valence-electron chi connectivity index (χ4n) is 3.18. The lowest BCUT2D eigenvalue weighted by Crippen LogP contribution is -2.36. The van der Waals surface area contributed by atoms with Gasteiger partial charge in [0.15, 0.2) is 0 Å². The second-order valence-corrected chi connectivity index (χ2v) is 7.61. The Morgan fingerprint density at radius 1 is 1.27 bits per heavy atom. The maximum atomic E-state index is 13.1. The number of rotatable bonds is 5. The van der Waals surface area contributed by atoms with Crippen LogP contribution in [0.2, 0.25) is 0 Å². The standard InChI is InChI=1S/C23H24F3N3O/c1-13-4-5-16(22(30)29-18-7-8-18)11-20(13)15-6-9-19(17(10-15)12-28-3)21(27)14(2)23(24,25)26/h4-6,9-12,14,18H,3,7-8,27H2,1-2H3,(H,29,30)/b17-12-,21-19-/t14-/m0/s1. The molecule has 158 valence electrons. The third-order valence-corrected chi connectivity index (χ3v) is 5.27. The number of carbonyl (C=O) groups excluding carboxylic acids is 1. The highest BCUT2D eigenvalue weighted by Crippen LogP contribution is 2.29. The molecule has 0 aromatic heterocycles. The van der Waals surface area contributed by atoms with Gasteiger partial charge in [-0.05, 0) is 68.3 Å². The predicted octanol–water partition coefficient (Wildman–Crippen LogP) is 3.26. The maximum Gasteiger partial charge on any atom is 0.396 e. The molecule has 0 unspecified atom stereocenters. The van der Waals surface area contributed by atoms with E-state index in [9.17, 15) is 18.0 Å². The number of aryl methyl sites for hydroxylation is 1. The first-order valence-electron chi connectivity index (χ1n) is 9.66. The number of nitrogens with one attached hydrogen (secondary N) is 1. The number of nitrogens with two attached hydrogens (primary N) is 1. The van der Waals surface area contributed by atoms with Crippen molar-refractivity contribution in [1.29, 1.82) is 0 Å². The van der Waals surface area contributed by atoms with Crippen LogP contribution in [-0.4, -0.2) is 24.8 Å². The lowest BCUT2D eigenvalue weighted by atomic mass is 9.96. The van der Waals surface area contributed by atoms with Gasteiger partial charge in [-0.2, -0.15) is 13.2 Å². The fourth-order valence-corrected chi connectivity index (χ4v) is 3.18. The number of amides is 1. The molecule has 7 heteroatoms. The molecular formula is C23H24F3N3O. The molecule has 30 heavy (non-hydrogen) atoms. The number of benzene rings is 2. The van der Waals surface area contributed by atoms with E-state index in [1.54, 1.807) is 30.3 Å². The minimum Gasteiger partial charge on any atom is -0.401 e. The van der Waals surface area contributed by atoms with E-state index >= 15 is 0 Å². The summed E-state index contributed by atoms with van der Waals surface area (Å²) in [4.78, 5) is 16.1. The van der Waals surface area contributed by atoms with E-state index in [2.05, 4.69) is 17.0 Å². The first kappa shape index (κ1) is 21.6. The van der Waals surface area contributed by atoms with Crippen LogP contribution < -0.4 is 21.5 Å². The summed E-state index contributed by atoms with van der Waals surface area (Å²) >= 11 is 0. The zero-order chi connectivity index (χ0) is 22.1. The molecule has 0 bridgehead atoms. The summed E-state index contributed by atoms with van der Waals surface area (Å²) in [6.45, 7) is 6.35. The van der Waals surface area contributed by atoms with Gasteiger partial charge in [0.2, 0.25) is 0 Å². The van der Waals surface area contributed by atoms with Gasteiger partial charge in [0.25, 0.3) is 5.91 Å². The normalized spacial score (nSPS) is 16.8. The van der Waals surface area contributed by atoms with Crippen molar-refractivity contribution in [2.45, 2.75) is 38.9 Å². The average molecular weight is 415 g/mol. The highest BCUT2D eigenvalue weighted by atomic mass is 19.4. The Bertz CT molecular complexity index is 1100. The number of hydrogen-bond acceptors (Lipinski definition) is 3. The highest BCUT2D eigenvalue weighted by Gasteiger charge is 2.37. The van der Waals surface area contributed by atoms with Crippen LogP contribution in [0.5, 0.6) is 0 Å². The van der Waals surface area contributed by atoms with Gasteiger partial charge in [0.05, 0.1) is 5.92 Å². The molecule has 2 aromatic rings. The predicted molar refractivity (Wildman–Crippen MR) is 113 cm³/mol. The van der Waals surface area contributed by atoms with Crippen LogP contribution in [0.1, 0.15) is 35.7 Å².